The van der Waals surface area contributed by atoms with Crippen molar-refractivity contribution in [1.29, 1.82) is 0 Å². The van der Waals surface area contributed by atoms with Gasteiger partial charge in [0.25, 0.3) is 0 Å². The maximum Gasteiger partial charge on any atom is 0.118 e. The number of rotatable bonds is 3. The predicted octanol–water partition coefficient (Wildman–Crippen LogP) is 2.17. The third-order valence-electron chi connectivity index (χ3n) is 2.25. The van der Waals surface area contributed by atoms with Gasteiger partial charge < -0.3 is 10.8 Å². The fraction of sp³-hybridized carbons (Fsp3) is 0.364. The molecule has 2 nitrogen and oxygen atoms in total. The molecule has 3 heteroatoms. The van der Waals surface area contributed by atoms with Gasteiger partial charge in [0.05, 0.1) is 4.99 Å². The van der Waals surface area contributed by atoms with E-state index in [1.54, 1.807) is 6.07 Å². The van der Waals surface area contributed by atoms with Crippen LogP contribution >= 0.6 is 12.2 Å². The monoisotopic (exact) mass is 209 g/mol. The topological polar surface area (TPSA) is 46.2 Å². The van der Waals surface area contributed by atoms with Gasteiger partial charge in [-0.05, 0) is 25.0 Å². The molecule has 0 spiro atoms. The highest BCUT2D eigenvalue weighted by molar-refractivity contribution is 7.80. The van der Waals surface area contributed by atoms with E-state index in [9.17, 15) is 5.11 Å². The maximum absolute atomic E-state index is 9.58. The Kier molecular flexibility index (Phi) is 3.47. The van der Waals surface area contributed by atoms with Gasteiger partial charge in [-0.3, -0.25) is 0 Å². The molecule has 0 aliphatic carbocycles. The summed E-state index contributed by atoms with van der Waals surface area (Å²) in [6.07, 6.45) is 0.697. The first-order chi connectivity index (χ1) is 6.50. The van der Waals surface area contributed by atoms with Crippen molar-refractivity contribution >= 4 is 17.2 Å². The summed E-state index contributed by atoms with van der Waals surface area (Å²) in [5.41, 5.74) is 7.56. The fourth-order valence-corrected chi connectivity index (χ4v) is 1.39. The lowest BCUT2D eigenvalue weighted by molar-refractivity contribution is 0.465. The first kappa shape index (κ1) is 11.0. The van der Waals surface area contributed by atoms with Gasteiger partial charge in [-0.2, -0.15) is 0 Å². The lowest BCUT2D eigenvalue weighted by Crippen LogP contribution is -2.20. The molecule has 0 bridgehead atoms. The first-order valence-corrected chi connectivity index (χ1v) is 4.99. The Hall–Kier alpha value is -1.09. The minimum atomic E-state index is 0.123. The summed E-state index contributed by atoms with van der Waals surface area (Å²) < 4.78 is 0. The lowest BCUT2D eigenvalue weighted by atomic mass is 9.99. The zero-order valence-electron chi connectivity index (χ0n) is 8.45. The Bertz CT molecular complexity index is 349. The molecule has 1 rings (SSSR count). The summed E-state index contributed by atoms with van der Waals surface area (Å²) in [5.74, 6) is 0.441. The number of aryl methyl sites for hydroxylation is 1. The number of benzene rings is 1. The average molecular weight is 209 g/mol. The van der Waals surface area contributed by atoms with Crippen LogP contribution in [0.5, 0.6) is 5.75 Å². The van der Waals surface area contributed by atoms with Crippen LogP contribution in [-0.4, -0.2) is 10.1 Å². The second kappa shape index (κ2) is 4.42. The standard InChI is InChI=1S/C11H15NOS/c1-7-3-4-10(13)9(5-7)6-8(2)11(12)14/h3-5,8,13H,6H2,1-2H3,(H2,12,14). The Labute approximate surface area is 89.7 Å². The molecule has 0 heterocycles. The molecule has 1 aromatic carbocycles. The van der Waals surface area contributed by atoms with Crippen molar-refractivity contribution < 1.29 is 5.11 Å². The van der Waals surface area contributed by atoms with Crippen molar-refractivity contribution in [2.45, 2.75) is 20.3 Å². The van der Waals surface area contributed by atoms with E-state index in [2.05, 4.69) is 0 Å². The molecule has 0 saturated carbocycles. The molecule has 0 aromatic heterocycles. The van der Waals surface area contributed by atoms with Gasteiger partial charge in [0.1, 0.15) is 5.75 Å². The van der Waals surface area contributed by atoms with E-state index in [0.29, 0.717) is 17.2 Å². The van der Waals surface area contributed by atoms with Crippen molar-refractivity contribution in [1.82, 2.24) is 0 Å². The number of hydrogen-bond acceptors (Lipinski definition) is 2. The second-order valence-corrected chi connectivity index (χ2v) is 4.11. The molecule has 0 amide bonds. The third-order valence-corrected chi connectivity index (χ3v) is 2.65. The maximum atomic E-state index is 9.58. The number of nitrogens with two attached hydrogens (primary N) is 1. The van der Waals surface area contributed by atoms with Crippen LogP contribution in [0.3, 0.4) is 0 Å². The molecule has 1 unspecified atom stereocenters. The zero-order chi connectivity index (χ0) is 10.7. The molecule has 14 heavy (non-hydrogen) atoms. The fourth-order valence-electron chi connectivity index (χ4n) is 1.31. The van der Waals surface area contributed by atoms with E-state index in [0.717, 1.165) is 11.1 Å². The van der Waals surface area contributed by atoms with E-state index in [1.165, 1.54) is 0 Å². The number of phenols is 1. The van der Waals surface area contributed by atoms with Gasteiger partial charge in [0.2, 0.25) is 0 Å². The summed E-state index contributed by atoms with van der Waals surface area (Å²) in [7, 11) is 0. The SMILES string of the molecule is Cc1ccc(O)c(CC(C)C(N)=S)c1. The number of aromatic hydroxyl groups is 1. The van der Waals surface area contributed by atoms with Crippen LogP contribution in [0.4, 0.5) is 0 Å². The van der Waals surface area contributed by atoms with E-state index < -0.39 is 0 Å². The largest absolute Gasteiger partial charge is 0.508 e. The van der Waals surface area contributed by atoms with Crippen LogP contribution < -0.4 is 5.73 Å². The molecule has 1 atom stereocenters. The smallest absolute Gasteiger partial charge is 0.118 e. The number of thiocarbonyl (C=S) groups is 1. The molecule has 0 saturated heterocycles. The zero-order valence-corrected chi connectivity index (χ0v) is 9.27. The molecule has 76 valence electrons. The van der Waals surface area contributed by atoms with Crippen LogP contribution in [0.15, 0.2) is 18.2 Å². The predicted molar refractivity (Wildman–Crippen MR) is 62.5 cm³/mol. The molecule has 0 radical (unpaired) electrons. The molecule has 0 aliphatic heterocycles. The van der Waals surface area contributed by atoms with Crippen molar-refractivity contribution in [3.8, 4) is 5.75 Å². The minimum absolute atomic E-state index is 0.123. The quantitative estimate of drug-likeness (QED) is 0.750. The normalized spacial score (nSPS) is 12.4. The van der Waals surface area contributed by atoms with Crippen molar-refractivity contribution in [3.63, 3.8) is 0 Å². The summed E-state index contributed by atoms with van der Waals surface area (Å²) in [6, 6.07) is 5.55. The van der Waals surface area contributed by atoms with Gasteiger partial charge >= 0.3 is 0 Å². The summed E-state index contributed by atoms with van der Waals surface area (Å²) in [4.78, 5) is 0.492. The van der Waals surface area contributed by atoms with E-state index >= 15 is 0 Å². The van der Waals surface area contributed by atoms with Crippen LogP contribution in [-0.2, 0) is 6.42 Å². The summed E-state index contributed by atoms with van der Waals surface area (Å²) >= 11 is 4.89. The third kappa shape index (κ3) is 2.70. The van der Waals surface area contributed by atoms with Gasteiger partial charge in [-0.1, -0.05) is 36.8 Å². The average Bonchev–Trinajstić information content (AvgIpc) is 2.11. The number of phenolic OH excluding ortho intramolecular Hbond substituents is 1. The van der Waals surface area contributed by atoms with Crippen molar-refractivity contribution in [2.24, 2.45) is 11.7 Å². The van der Waals surface area contributed by atoms with Gasteiger partial charge in [0, 0.05) is 5.92 Å². The molecule has 3 N–H and O–H groups in total. The molecule has 0 fully saturated rings. The summed E-state index contributed by atoms with van der Waals surface area (Å²) in [6.45, 7) is 3.96. The van der Waals surface area contributed by atoms with Crippen molar-refractivity contribution in [3.05, 3.63) is 29.3 Å². The molecular weight excluding hydrogens is 194 g/mol. The Morgan fingerprint density at radius 1 is 1.57 bits per heavy atom. The first-order valence-electron chi connectivity index (χ1n) is 4.58. The second-order valence-electron chi connectivity index (χ2n) is 3.64. The number of hydrogen-bond donors (Lipinski definition) is 2. The Balaban J connectivity index is 2.85. The Morgan fingerprint density at radius 3 is 2.79 bits per heavy atom. The Morgan fingerprint density at radius 2 is 2.21 bits per heavy atom. The molecular formula is C11H15NOS. The summed E-state index contributed by atoms with van der Waals surface area (Å²) in [5, 5.41) is 9.58. The lowest BCUT2D eigenvalue weighted by Gasteiger charge is -2.11. The van der Waals surface area contributed by atoms with E-state index in [4.69, 9.17) is 18.0 Å². The highest BCUT2D eigenvalue weighted by Gasteiger charge is 2.09. The van der Waals surface area contributed by atoms with E-state index in [-0.39, 0.29) is 5.92 Å². The molecule has 1 aromatic rings. The van der Waals surface area contributed by atoms with Gasteiger partial charge in [0.15, 0.2) is 0 Å². The van der Waals surface area contributed by atoms with Crippen LogP contribution in [0.2, 0.25) is 0 Å². The minimum Gasteiger partial charge on any atom is -0.508 e. The molecule has 0 aliphatic rings. The van der Waals surface area contributed by atoms with Crippen LogP contribution in [0, 0.1) is 12.8 Å². The van der Waals surface area contributed by atoms with Gasteiger partial charge in [-0.25, -0.2) is 0 Å². The highest BCUT2D eigenvalue weighted by atomic mass is 32.1. The van der Waals surface area contributed by atoms with Crippen LogP contribution in [0.25, 0.3) is 0 Å². The van der Waals surface area contributed by atoms with Crippen LogP contribution in [0.1, 0.15) is 18.1 Å². The van der Waals surface area contributed by atoms with Crippen molar-refractivity contribution in [2.75, 3.05) is 0 Å². The van der Waals surface area contributed by atoms with Gasteiger partial charge in [-0.15, -0.1) is 0 Å². The highest BCUT2D eigenvalue weighted by Crippen LogP contribution is 2.21. The van der Waals surface area contributed by atoms with E-state index in [1.807, 2.05) is 26.0 Å².